The summed E-state index contributed by atoms with van der Waals surface area (Å²) >= 11 is 0. The minimum absolute atomic E-state index is 0.126. The van der Waals surface area contributed by atoms with Crippen molar-refractivity contribution in [2.75, 3.05) is 53.4 Å². The summed E-state index contributed by atoms with van der Waals surface area (Å²) in [7, 11) is 4.15. The maximum absolute atomic E-state index is 12.8. The second-order valence-electron chi connectivity index (χ2n) is 7.96. The SMILES string of the molecule is C[C@H](C(=O)N1CCC[C@@H](C(N)=O)C1)N1CCC(OCCCN(C)C)CC1. The van der Waals surface area contributed by atoms with Gasteiger partial charge in [0.1, 0.15) is 0 Å². The summed E-state index contributed by atoms with van der Waals surface area (Å²) in [5.74, 6) is -0.357. The number of rotatable bonds is 8. The van der Waals surface area contributed by atoms with Gasteiger partial charge in [-0.15, -0.1) is 0 Å². The summed E-state index contributed by atoms with van der Waals surface area (Å²) in [6.45, 7) is 6.82. The van der Waals surface area contributed by atoms with E-state index in [1.807, 2.05) is 11.8 Å². The predicted octanol–water partition coefficient (Wildman–Crippen LogP) is 0.532. The summed E-state index contributed by atoms with van der Waals surface area (Å²) in [5, 5.41) is 0. The smallest absolute Gasteiger partial charge is 0.239 e. The number of primary amides is 1. The number of piperidine rings is 2. The molecule has 0 aromatic rings. The molecule has 2 atom stereocenters. The fourth-order valence-electron chi connectivity index (χ4n) is 3.89. The first kappa shape index (κ1) is 21.1. The molecule has 0 unspecified atom stereocenters. The molecule has 0 aromatic carbocycles. The lowest BCUT2D eigenvalue weighted by Crippen LogP contribution is -2.53. The Kier molecular flexibility index (Phi) is 8.31. The van der Waals surface area contributed by atoms with Crippen molar-refractivity contribution in [2.24, 2.45) is 11.7 Å². The zero-order valence-corrected chi connectivity index (χ0v) is 16.7. The Hall–Kier alpha value is -1.18. The average molecular weight is 369 g/mol. The van der Waals surface area contributed by atoms with Gasteiger partial charge >= 0.3 is 0 Å². The van der Waals surface area contributed by atoms with E-state index in [0.29, 0.717) is 12.6 Å². The molecule has 26 heavy (non-hydrogen) atoms. The Morgan fingerprint density at radius 3 is 2.50 bits per heavy atom. The lowest BCUT2D eigenvalue weighted by molar-refractivity contribution is -0.140. The van der Waals surface area contributed by atoms with Crippen molar-refractivity contribution in [1.29, 1.82) is 0 Å². The van der Waals surface area contributed by atoms with Crippen LogP contribution in [0.25, 0.3) is 0 Å². The molecule has 0 saturated carbocycles. The molecule has 0 radical (unpaired) electrons. The molecule has 2 heterocycles. The van der Waals surface area contributed by atoms with Gasteiger partial charge in [0.15, 0.2) is 0 Å². The van der Waals surface area contributed by atoms with E-state index in [1.165, 1.54) is 0 Å². The topological polar surface area (TPSA) is 79.1 Å². The molecule has 0 spiro atoms. The zero-order valence-electron chi connectivity index (χ0n) is 16.7. The highest BCUT2D eigenvalue weighted by molar-refractivity contribution is 5.83. The maximum Gasteiger partial charge on any atom is 0.239 e. The number of amides is 2. The van der Waals surface area contributed by atoms with Gasteiger partial charge in [0.25, 0.3) is 0 Å². The van der Waals surface area contributed by atoms with Gasteiger partial charge in [-0.05, 0) is 59.7 Å². The van der Waals surface area contributed by atoms with Crippen LogP contribution in [0, 0.1) is 5.92 Å². The van der Waals surface area contributed by atoms with E-state index < -0.39 is 0 Å². The third kappa shape index (κ3) is 6.21. The van der Waals surface area contributed by atoms with E-state index >= 15 is 0 Å². The monoisotopic (exact) mass is 368 g/mol. The van der Waals surface area contributed by atoms with Crippen LogP contribution >= 0.6 is 0 Å². The molecule has 7 nitrogen and oxygen atoms in total. The molecule has 2 aliphatic heterocycles. The Morgan fingerprint density at radius 1 is 1.19 bits per heavy atom. The Morgan fingerprint density at radius 2 is 1.88 bits per heavy atom. The highest BCUT2D eigenvalue weighted by Crippen LogP contribution is 2.21. The quantitative estimate of drug-likeness (QED) is 0.633. The van der Waals surface area contributed by atoms with Crippen molar-refractivity contribution < 1.29 is 14.3 Å². The molecule has 2 amide bonds. The normalized spacial score (nSPS) is 24.0. The van der Waals surface area contributed by atoms with Gasteiger partial charge in [0, 0.05) is 32.8 Å². The van der Waals surface area contributed by atoms with E-state index in [0.717, 1.165) is 64.9 Å². The Bertz CT molecular complexity index is 464. The van der Waals surface area contributed by atoms with Crippen LogP contribution in [-0.4, -0.2) is 92.1 Å². The summed E-state index contributed by atoms with van der Waals surface area (Å²) in [6, 6.07) is -0.142. The standard InChI is InChI=1S/C19H36N4O3/c1-15(19(25)23-10-4-6-16(14-23)18(20)24)22-11-7-17(8-12-22)26-13-5-9-21(2)3/h15-17H,4-14H2,1-3H3,(H2,20,24)/t15-,16-/m1/s1. The average Bonchev–Trinajstić information content (AvgIpc) is 2.64. The molecule has 2 saturated heterocycles. The van der Waals surface area contributed by atoms with Gasteiger partial charge in [0.05, 0.1) is 18.1 Å². The van der Waals surface area contributed by atoms with Crippen molar-refractivity contribution in [3.63, 3.8) is 0 Å². The van der Waals surface area contributed by atoms with Crippen LogP contribution in [0.15, 0.2) is 0 Å². The molecule has 2 fully saturated rings. The number of hydrogen-bond acceptors (Lipinski definition) is 5. The predicted molar refractivity (Wildman–Crippen MR) is 102 cm³/mol. The van der Waals surface area contributed by atoms with E-state index in [1.54, 1.807) is 0 Å². The first-order valence-corrected chi connectivity index (χ1v) is 9.97. The second kappa shape index (κ2) is 10.2. The molecule has 0 aliphatic carbocycles. The highest BCUT2D eigenvalue weighted by atomic mass is 16.5. The van der Waals surface area contributed by atoms with Crippen LogP contribution in [0.2, 0.25) is 0 Å². The molecule has 2 N–H and O–H groups in total. The van der Waals surface area contributed by atoms with Crippen molar-refractivity contribution in [1.82, 2.24) is 14.7 Å². The molecule has 2 aliphatic rings. The first-order chi connectivity index (χ1) is 12.4. The number of carbonyl (C=O) groups excluding carboxylic acids is 2. The zero-order chi connectivity index (χ0) is 19.1. The molecule has 0 aromatic heterocycles. The molecule has 7 heteroatoms. The largest absolute Gasteiger partial charge is 0.378 e. The van der Waals surface area contributed by atoms with Gasteiger partial charge < -0.3 is 20.3 Å². The summed E-state index contributed by atoms with van der Waals surface area (Å²) in [6.07, 6.45) is 4.97. The Balaban J connectivity index is 1.72. The van der Waals surface area contributed by atoms with Crippen LogP contribution in [-0.2, 0) is 14.3 Å². The number of nitrogens with two attached hydrogens (primary N) is 1. The molecule has 0 bridgehead atoms. The van der Waals surface area contributed by atoms with E-state index in [9.17, 15) is 9.59 Å². The third-order valence-corrected chi connectivity index (χ3v) is 5.62. The second-order valence-corrected chi connectivity index (χ2v) is 7.96. The summed E-state index contributed by atoms with van der Waals surface area (Å²) in [5.41, 5.74) is 5.43. The molecule has 2 rings (SSSR count). The fraction of sp³-hybridized carbons (Fsp3) is 0.895. The van der Waals surface area contributed by atoms with Crippen molar-refractivity contribution in [2.45, 2.75) is 51.2 Å². The third-order valence-electron chi connectivity index (χ3n) is 5.62. The highest BCUT2D eigenvalue weighted by Gasteiger charge is 2.33. The maximum atomic E-state index is 12.8. The van der Waals surface area contributed by atoms with Crippen LogP contribution in [0.3, 0.4) is 0 Å². The van der Waals surface area contributed by atoms with E-state index in [-0.39, 0.29) is 23.8 Å². The van der Waals surface area contributed by atoms with Crippen LogP contribution < -0.4 is 5.73 Å². The summed E-state index contributed by atoms with van der Waals surface area (Å²) in [4.78, 5) is 30.5. The fourth-order valence-corrected chi connectivity index (χ4v) is 3.89. The number of ether oxygens (including phenoxy) is 1. The number of hydrogen-bond donors (Lipinski definition) is 1. The van der Waals surface area contributed by atoms with E-state index in [4.69, 9.17) is 10.5 Å². The van der Waals surface area contributed by atoms with Gasteiger partial charge in [-0.1, -0.05) is 0 Å². The number of nitrogens with zero attached hydrogens (tertiary/aromatic N) is 3. The minimum atomic E-state index is -0.289. The van der Waals surface area contributed by atoms with Crippen LogP contribution in [0.5, 0.6) is 0 Å². The number of carbonyl (C=O) groups is 2. The van der Waals surface area contributed by atoms with Gasteiger partial charge in [-0.3, -0.25) is 14.5 Å². The minimum Gasteiger partial charge on any atom is -0.378 e. The first-order valence-electron chi connectivity index (χ1n) is 9.97. The summed E-state index contributed by atoms with van der Waals surface area (Å²) < 4.78 is 5.98. The van der Waals surface area contributed by atoms with E-state index in [2.05, 4.69) is 23.9 Å². The van der Waals surface area contributed by atoms with Crippen molar-refractivity contribution in [3.05, 3.63) is 0 Å². The number of likely N-dealkylation sites (tertiary alicyclic amines) is 2. The lowest BCUT2D eigenvalue weighted by Gasteiger charge is -2.39. The van der Waals surface area contributed by atoms with Crippen molar-refractivity contribution >= 4 is 11.8 Å². The molecular formula is C19H36N4O3. The van der Waals surface area contributed by atoms with Crippen molar-refractivity contribution in [3.8, 4) is 0 Å². The van der Waals surface area contributed by atoms with Crippen LogP contribution in [0.1, 0.15) is 39.0 Å². The van der Waals surface area contributed by atoms with Crippen LogP contribution in [0.4, 0.5) is 0 Å². The molecular weight excluding hydrogens is 332 g/mol. The van der Waals surface area contributed by atoms with Gasteiger partial charge in [-0.25, -0.2) is 0 Å². The van der Waals surface area contributed by atoms with Gasteiger partial charge in [0.2, 0.25) is 11.8 Å². The Labute approximate surface area is 157 Å². The molecule has 150 valence electrons. The lowest BCUT2D eigenvalue weighted by atomic mass is 9.96. The van der Waals surface area contributed by atoms with Gasteiger partial charge in [-0.2, -0.15) is 0 Å².